The van der Waals surface area contributed by atoms with Crippen molar-refractivity contribution < 1.29 is 4.79 Å². The Hall–Kier alpha value is -0.870. The molecule has 1 fully saturated rings. The van der Waals surface area contributed by atoms with Crippen molar-refractivity contribution in [1.29, 1.82) is 0 Å². The third-order valence-corrected chi connectivity index (χ3v) is 4.69. The molecular weight excluding hydrogens is 316 g/mol. The number of halogens is 1. The van der Waals surface area contributed by atoms with Crippen LogP contribution in [-0.4, -0.2) is 30.9 Å². The van der Waals surface area contributed by atoms with Crippen molar-refractivity contribution >= 4 is 21.8 Å². The molecule has 3 nitrogen and oxygen atoms in total. The highest BCUT2D eigenvalue weighted by Crippen LogP contribution is 2.44. The summed E-state index contributed by atoms with van der Waals surface area (Å²) in [7, 11) is 1.90. The second-order valence-electron chi connectivity index (χ2n) is 5.93. The Morgan fingerprint density at radius 3 is 2.55 bits per heavy atom. The van der Waals surface area contributed by atoms with Crippen LogP contribution in [0.2, 0.25) is 0 Å². The largest absolute Gasteiger partial charge is 0.345 e. The maximum Gasteiger partial charge on any atom is 0.222 e. The number of hydrogen-bond donors (Lipinski definition) is 1. The average molecular weight is 339 g/mol. The molecule has 2 rings (SSSR count). The van der Waals surface area contributed by atoms with Crippen LogP contribution in [-0.2, 0) is 11.2 Å². The lowest BCUT2D eigenvalue weighted by Gasteiger charge is -2.22. The SMILES string of the molecule is CN(CC1(CN)CC1)C(=O)CCCc1ccc(Br)cc1. The van der Waals surface area contributed by atoms with E-state index in [9.17, 15) is 4.79 Å². The van der Waals surface area contributed by atoms with E-state index in [-0.39, 0.29) is 11.3 Å². The predicted molar refractivity (Wildman–Crippen MR) is 85.4 cm³/mol. The first kappa shape index (κ1) is 15.5. The second-order valence-corrected chi connectivity index (χ2v) is 6.85. The lowest BCUT2D eigenvalue weighted by Crippen LogP contribution is -2.35. The summed E-state index contributed by atoms with van der Waals surface area (Å²) in [5.41, 5.74) is 7.28. The van der Waals surface area contributed by atoms with Crippen LogP contribution in [0.4, 0.5) is 0 Å². The number of carbonyl (C=O) groups is 1. The highest BCUT2D eigenvalue weighted by Gasteiger charge is 2.42. The summed E-state index contributed by atoms with van der Waals surface area (Å²) in [5.74, 6) is 0.238. The Bertz CT molecular complexity index is 454. The van der Waals surface area contributed by atoms with E-state index in [4.69, 9.17) is 5.73 Å². The molecule has 2 N–H and O–H groups in total. The van der Waals surface area contributed by atoms with Crippen molar-refractivity contribution in [1.82, 2.24) is 4.90 Å². The highest BCUT2D eigenvalue weighted by molar-refractivity contribution is 9.10. The van der Waals surface area contributed by atoms with Crippen LogP contribution in [0.15, 0.2) is 28.7 Å². The van der Waals surface area contributed by atoms with Gasteiger partial charge in [0.2, 0.25) is 5.91 Å². The fraction of sp³-hybridized carbons (Fsp3) is 0.562. The molecule has 0 atom stereocenters. The van der Waals surface area contributed by atoms with Crippen LogP contribution in [0.5, 0.6) is 0 Å². The zero-order chi connectivity index (χ0) is 14.6. The lowest BCUT2D eigenvalue weighted by atomic mass is 10.1. The van der Waals surface area contributed by atoms with E-state index in [1.54, 1.807) is 0 Å². The van der Waals surface area contributed by atoms with E-state index >= 15 is 0 Å². The molecule has 0 heterocycles. The predicted octanol–water partition coefficient (Wildman–Crippen LogP) is 2.97. The smallest absolute Gasteiger partial charge is 0.222 e. The number of amides is 1. The average Bonchev–Trinajstić information content (AvgIpc) is 3.21. The summed E-state index contributed by atoms with van der Waals surface area (Å²) < 4.78 is 1.09. The van der Waals surface area contributed by atoms with Gasteiger partial charge in [-0.05, 0) is 49.9 Å². The molecule has 1 aliphatic rings. The van der Waals surface area contributed by atoms with Crippen LogP contribution in [0.3, 0.4) is 0 Å². The molecule has 1 aromatic rings. The van der Waals surface area contributed by atoms with E-state index in [1.807, 2.05) is 24.1 Å². The molecular formula is C16H23BrN2O. The minimum absolute atomic E-state index is 0.232. The molecule has 4 heteroatoms. The first-order valence-corrected chi connectivity index (χ1v) is 8.02. The van der Waals surface area contributed by atoms with E-state index < -0.39 is 0 Å². The first-order valence-electron chi connectivity index (χ1n) is 7.23. The molecule has 0 aliphatic heterocycles. The number of carbonyl (C=O) groups excluding carboxylic acids is 1. The molecule has 0 radical (unpaired) electrons. The van der Waals surface area contributed by atoms with E-state index in [0.717, 1.165) is 23.9 Å². The van der Waals surface area contributed by atoms with Crippen LogP contribution in [0.25, 0.3) is 0 Å². The number of nitrogens with two attached hydrogens (primary N) is 1. The maximum absolute atomic E-state index is 12.1. The van der Waals surface area contributed by atoms with Crippen molar-refractivity contribution in [3.05, 3.63) is 34.3 Å². The summed E-state index contributed by atoms with van der Waals surface area (Å²) >= 11 is 3.43. The summed E-state index contributed by atoms with van der Waals surface area (Å²) in [6.07, 6.45) is 4.81. The van der Waals surface area contributed by atoms with Crippen LogP contribution in [0, 0.1) is 5.41 Å². The molecule has 0 saturated heterocycles. The number of nitrogens with zero attached hydrogens (tertiary/aromatic N) is 1. The lowest BCUT2D eigenvalue weighted by molar-refractivity contribution is -0.130. The summed E-state index contributed by atoms with van der Waals surface area (Å²) in [4.78, 5) is 13.9. The zero-order valence-electron chi connectivity index (χ0n) is 12.1. The number of benzene rings is 1. The van der Waals surface area contributed by atoms with Gasteiger partial charge in [-0.25, -0.2) is 0 Å². The molecule has 1 aromatic carbocycles. The fourth-order valence-corrected chi connectivity index (χ4v) is 2.74. The van der Waals surface area contributed by atoms with Gasteiger partial charge in [-0.3, -0.25) is 4.79 Å². The Morgan fingerprint density at radius 1 is 1.35 bits per heavy atom. The molecule has 1 amide bonds. The van der Waals surface area contributed by atoms with Gasteiger partial charge >= 0.3 is 0 Å². The second kappa shape index (κ2) is 6.72. The molecule has 0 aromatic heterocycles. The van der Waals surface area contributed by atoms with Gasteiger partial charge in [0.15, 0.2) is 0 Å². The van der Waals surface area contributed by atoms with Crippen molar-refractivity contribution in [2.75, 3.05) is 20.1 Å². The topological polar surface area (TPSA) is 46.3 Å². The van der Waals surface area contributed by atoms with Crippen molar-refractivity contribution in [2.24, 2.45) is 11.1 Å². The van der Waals surface area contributed by atoms with Crippen LogP contribution in [0.1, 0.15) is 31.2 Å². The third-order valence-electron chi connectivity index (χ3n) is 4.16. The van der Waals surface area contributed by atoms with Gasteiger partial charge in [-0.2, -0.15) is 0 Å². The third kappa shape index (κ3) is 4.32. The normalized spacial score (nSPS) is 15.9. The van der Waals surface area contributed by atoms with Gasteiger partial charge < -0.3 is 10.6 Å². The van der Waals surface area contributed by atoms with Crippen LogP contribution < -0.4 is 5.73 Å². The van der Waals surface area contributed by atoms with Gasteiger partial charge in [-0.1, -0.05) is 28.1 Å². The minimum atomic E-state index is 0.232. The van der Waals surface area contributed by atoms with E-state index in [2.05, 4.69) is 28.1 Å². The number of hydrogen-bond acceptors (Lipinski definition) is 2. The maximum atomic E-state index is 12.1. The van der Waals surface area contributed by atoms with Gasteiger partial charge in [0.1, 0.15) is 0 Å². The first-order chi connectivity index (χ1) is 9.54. The summed E-state index contributed by atoms with van der Waals surface area (Å²) in [6.45, 7) is 1.52. The van der Waals surface area contributed by atoms with Gasteiger partial charge in [0, 0.05) is 29.9 Å². The van der Waals surface area contributed by atoms with Crippen molar-refractivity contribution in [3.8, 4) is 0 Å². The number of aryl methyl sites for hydroxylation is 1. The quantitative estimate of drug-likeness (QED) is 0.830. The summed E-state index contributed by atoms with van der Waals surface area (Å²) in [6, 6.07) is 8.29. The van der Waals surface area contributed by atoms with E-state index in [0.29, 0.717) is 13.0 Å². The standard InChI is InChI=1S/C16H23BrN2O/c1-19(12-16(11-18)9-10-16)15(20)4-2-3-13-5-7-14(17)8-6-13/h5-8H,2-4,9-12,18H2,1H3. The van der Waals surface area contributed by atoms with E-state index in [1.165, 1.54) is 18.4 Å². The Labute approximate surface area is 129 Å². The number of rotatable bonds is 7. The molecule has 1 aliphatic carbocycles. The fourth-order valence-electron chi connectivity index (χ4n) is 2.48. The van der Waals surface area contributed by atoms with Gasteiger partial charge in [0.25, 0.3) is 0 Å². The molecule has 110 valence electrons. The van der Waals surface area contributed by atoms with Gasteiger partial charge in [-0.15, -0.1) is 0 Å². The molecule has 0 unspecified atom stereocenters. The Balaban J connectivity index is 1.70. The molecule has 20 heavy (non-hydrogen) atoms. The summed E-state index contributed by atoms with van der Waals surface area (Å²) in [5, 5.41) is 0. The Morgan fingerprint density at radius 2 is 2.00 bits per heavy atom. The highest BCUT2D eigenvalue weighted by atomic mass is 79.9. The molecule has 1 saturated carbocycles. The van der Waals surface area contributed by atoms with Crippen molar-refractivity contribution in [3.63, 3.8) is 0 Å². The molecule has 0 bridgehead atoms. The minimum Gasteiger partial charge on any atom is -0.345 e. The van der Waals surface area contributed by atoms with Crippen molar-refractivity contribution in [2.45, 2.75) is 32.1 Å². The monoisotopic (exact) mass is 338 g/mol. The van der Waals surface area contributed by atoms with Crippen LogP contribution >= 0.6 is 15.9 Å². The Kier molecular flexibility index (Phi) is 5.22. The molecule has 0 spiro atoms. The zero-order valence-corrected chi connectivity index (χ0v) is 13.7. The van der Waals surface area contributed by atoms with Gasteiger partial charge in [0.05, 0.1) is 0 Å².